The van der Waals surface area contributed by atoms with Crippen LogP contribution in [0.25, 0.3) is 0 Å². The summed E-state index contributed by atoms with van der Waals surface area (Å²) < 4.78 is 7.99. The Morgan fingerprint density at radius 1 is 1.42 bits per heavy atom. The summed E-state index contributed by atoms with van der Waals surface area (Å²) in [6, 6.07) is 0.562. The van der Waals surface area contributed by atoms with Crippen LogP contribution in [0, 0.1) is 11.3 Å². The van der Waals surface area contributed by atoms with E-state index in [0.717, 1.165) is 32.2 Å². The Morgan fingerprint density at radius 3 is 3.00 bits per heavy atom. The number of guanidine groups is 1. The van der Waals surface area contributed by atoms with Gasteiger partial charge in [-0.1, -0.05) is 6.42 Å². The van der Waals surface area contributed by atoms with Crippen molar-refractivity contribution >= 4 is 5.96 Å². The van der Waals surface area contributed by atoms with E-state index in [0.29, 0.717) is 29.4 Å². The van der Waals surface area contributed by atoms with E-state index < -0.39 is 0 Å². The number of nitrogens with zero attached hydrogens (tertiary/aromatic N) is 4. The second-order valence-corrected chi connectivity index (χ2v) is 8.63. The topological polar surface area (TPSA) is 54.7 Å². The molecule has 6 nitrogen and oxygen atoms in total. The number of ether oxygens (including phenoxy) is 1. The zero-order chi connectivity index (χ0) is 17.7. The van der Waals surface area contributed by atoms with Gasteiger partial charge in [0.1, 0.15) is 0 Å². The Labute approximate surface area is 156 Å². The molecule has 4 aliphatic rings. The smallest absolute Gasteiger partial charge is 0.194 e. The van der Waals surface area contributed by atoms with E-state index in [-0.39, 0.29) is 0 Å². The van der Waals surface area contributed by atoms with Crippen molar-refractivity contribution in [3.05, 3.63) is 18.0 Å². The highest BCUT2D eigenvalue weighted by atomic mass is 16.5. The maximum absolute atomic E-state index is 6.08. The number of aryl methyl sites for hydroxylation is 1. The van der Waals surface area contributed by atoms with Crippen molar-refractivity contribution in [1.82, 2.24) is 20.0 Å². The molecule has 2 saturated heterocycles. The number of nitrogens with one attached hydrogen (secondary N) is 1. The maximum Gasteiger partial charge on any atom is 0.194 e. The molecule has 1 N–H and O–H groups in total. The molecule has 1 spiro atoms. The van der Waals surface area contributed by atoms with Gasteiger partial charge in [0, 0.05) is 62.8 Å². The summed E-state index contributed by atoms with van der Waals surface area (Å²) in [7, 11) is 2.00. The van der Waals surface area contributed by atoms with Crippen LogP contribution in [0.4, 0.5) is 0 Å². The summed E-state index contributed by atoms with van der Waals surface area (Å²) in [5.41, 5.74) is 1.76. The third-order valence-electron chi connectivity index (χ3n) is 7.31. The lowest BCUT2D eigenvalue weighted by Crippen LogP contribution is -2.72. The predicted molar refractivity (Wildman–Crippen MR) is 101 cm³/mol. The zero-order valence-electron chi connectivity index (χ0n) is 16.0. The molecule has 5 rings (SSSR count). The predicted octanol–water partition coefficient (Wildman–Crippen LogP) is 2.13. The van der Waals surface area contributed by atoms with Crippen LogP contribution in [0.1, 0.15) is 50.5 Å². The first-order valence-electron chi connectivity index (χ1n) is 10.4. The van der Waals surface area contributed by atoms with E-state index in [9.17, 15) is 0 Å². The Morgan fingerprint density at radius 2 is 2.31 bits per heavy atom. The maximum atomic E-state index is 6.08. The first-order valence-corrected chi connectivity index (χ1v) is 10.4. The number of hydrogen-bond acceptors (Lipinski definition) is 3. The first kappa shape index (κ1) is 16.6. The van der Waals surface area contributed by atoms with Gasteiger partial charge < -0.3 is 15.0 Å². The molecule has 1 aromatic rings. The van der Waals surface area contributed by atoms with Gasteiger partial charge in [0.25, 0.3) is 0 Å². The molecule has 2 aliphatic carbocycles. The largest absolute Gasteiger partial charge is 0.377 e. The molecule has 26 heavy (non-hydrogen) atoms. The number of aliphatic imine (C=N–C) groups is 1. The second-order valence-electron chi connectivity index (χ2n) is 8.63. The molecule has 2 aliphatic heterocycles. The van der Waals surface area contributed by atoms with E-state index >= 15 is 0 Å². The second kappa shape index (κ2) is 6.25. The van der Waals surface area contributed by atoms with E-state index in [1.807, 2.05) is 17.9 Å². The minimum absolute atomic E-state index is 0.401. The number of aromatic nitrogens is 2. The van der Waals surface area contributed by atoms with E-state index in [4.69, 9.17) is 9.73 Å². The minimum atomic E-state index is 0.401. The van der Waals surface area contributed by atoms with Crippen molar-refractivity contribution in [3.8, 4) is 0 Å². The van der Waals surface area contributed by atoms with E-state index in [2.05, 4.69) is 28.4 Å². The van der Waals surface area contributed by atoms with E-state index in [1.54, 1.807) is 0 Å². The molecule has 3 heterocycles. The Kier molecular flexibility index (Phi) is 3.99. The molecule has 4 unspecified atom stereocenters. The van der Waals surface area contributed by atoms with Gasteiger partial charge in [0.2, 0.25) is 0 Å². The van der Waals surface area contributed by atoms with Gasteiger partial charge in [0.15, 0.2) is 5.96 Å². The highest BCUT2D eigenvalue weighted by Gasteiger charge is 2.66. The summed E-state index contributed by atoms with van der Waals surface area (Å²) in [4.78, 5) is 7.34. The average Bonchev–Trinajstić information content (AvgIpc) is 3.30. The SMILES string of the molecule is CCN=C(NC1C2CCOC2C12CCC2)N1CCC(c2cnn(C)c2)C1. The molecule has 1 aromatic heterocycles. The van der Waals surface area contributed by atoms with Crippen molar-refractivity contribution < 1.29 is 4.74 Å². The summed E-state index contributed by atoms with van der Waals surface area (Å²) in [5.74, 6) is 2.38. The van der Waals surface area contributed by atoms with Crippen molar-refractivity contribution in [3.63, 3.8) is 0 Å². The monoisotopic (exact) mass is 357 g/mol. The average molecular weight is 358 g/mol. The molecular weight excluding hydrogens is 326 g/mol. The Hall–Kier alpha value is -1.56. The molecule has 4 fully saturated rings. The summed E-state index contributed by atoms with van der Waals surface area (Å²) in [6.45, 7) is 6.04. The standard InChI is InChI=1S/C20H31N5O/c1-3-21-19(25-9-5-14(13-25)15-11-22-24(2)12-15)23-17-16-6-10-26-18(16)20(17)7-4-8-20/h11-12,14,16-18H,3-10,13H2,1-2H3,(H,21,23). The normalized spacial score (nSPS) is 35.3. The van der Waals surface area contributed by atoms with Crippen LogP contribution < -0.4 is 5.32 Å². The lowest BCUT2D eigenvalue weighted by Gasteiger charge is -2.63. The molecule has 0 bridgehead atoms. The Bertz CT molecular complexity index is 694. The van der Waals surface area contributed by atoms with Gasteiger partial charge in [-0.25, -0.2) is 0 Å². The molecule has 4 atom stereocenters. The third-order valence-corrected chi connectivity index (χ3v) is 7.31. The quantitative estimate of drug-likeness (QED) is 0.665. The summed E-state index contributed by atoms with van der Waals surface area (Å²) >= 11 is 0. The van der Waals surface area contributed by atoms with Gasteiger partial charge >= 0.3 is 0 Å². The van der Waals surface area contributed by atoms with Crippen LogP contribution in [0.5, 0.6) is 0 Å². The van der Waals surface area contributed by atoms with E-state index in [1.165, 1.54) is 37.7 Å². The minimum Gasteiger partial charge on any atom is -0.377 e. The fourth-order valence-electron chi connectivity index (χ4n) is 5.86. The third kappa shape index (κ3) is 2.41. The number of fused-ring (bicyclic) bond motifs is 2. The number of hydrogen-bond donors (Lipinski definition) is 1. The zero-order valence-corrected chi connectivity index (χ0v) is 16.0. The van der Waals surface area contributed by atoms with Crippen LogP contribution in [-0.2, 0) is 11.8 Å². The van der Waals surface area contributed by atoms with Gasteiger partial charge in [-0.2, -0.15) is 5.10 Å². The summed E-state index contributed by atoms with van der Waals surface area (Å²) in [6.07, 6.45) is 11.1. The fraction of sp³-hybridized carbons (Fsp3) is 0.800. The van der Waals surface area contributed by atoms with Crippen LogP contribution >= 0.6 is 0 Å². The van der Waals surface area contributed by atoms with Crippen molar-refractivity contribution in [1.29, 1.82) is 0 Å². The van der Waals surface area contributed by atoms with Gasteiger partial charge in [-0.05, 0) is 38.2 Å². The van der Waals surface area contributed by atoms with Crippen molar-refractivity contribution in [2.24, 2.45) is 23.4 Å². The fourth-order valence-corrected chi connectivity index (χ4v) is 5.86. The van der Waals surface area contributed by atoms with Gasteiger partial charge in [-0.15, -0.1) is 0 Å². The molecular formula is C20H31N5O. The number of rotatable bonds is 3. The molecule has 0 radical (unpaired) electrons. The highest BCUT2D eigenvalue weighted by molar-refractivity contribution is 5.81. The van der Waals surface area contributed by atoms with Gasteiger partial charge in [0.05, 0.1) is 12.3 Å². The lowest BCUT2D eigenvalue weighted by atomic mass is 9.46. The number of likely N-dealkylation sites (tertiary alicyclic amines) is 1. The molecule has 6 heteroatoms. The van der Waals surface area contributed by atoms with Crippen LogP contribution in [0.2, 0.25) is 0 Å². The molecule has 2 saturated carbocycles. The summed E-state index contributed by atoms with van der Waals surface area (Å²) in [5, 5.41) is 8.26. The molecule has 142 valence electrons. The molecule has 0 aromatic carbocycles. The van der Waals surface area contributed by atoms with Crippen molar-refractivity contribution in [2.75, 3.05) is 26.2 Å². The van der Waals surface area contributed by atoms with Crippen molar-refractivity contribution in [2.45, 2.75) is 57.1 Å². The van der Waals surface area contributed by atoms with Crippen LogP contribution in [-0.4, -0.2) is 59.0 Å². The lowest BCUT2D eigenvalue weighted by molar-refractivity contribution is -0.171. The van der Waals surface area contributed by atoms with Gasteiger partial charge in [-0.3, -0.25) is 9.67 Å². The highest BCUT2D eigenvalue weighted by Crippen LogP contribution is 2.62. The van der Waals surface area contributed by atoms with Crippen LogP contribution in [0.15, 0.2) is 17.4 Å². The first-order chi connectivity index (χ1) is 12.7. The molecule has 0 amide bonds. The van der Waals surface area contributed by atoms with Crippen LogP contribution in [0.3, 0.4) is 0 Å². The Balaban J connectivity index is 1.29.